The van der Waals surface area contributed by atoms with E-state index < -0.39 is 30.1 Å². The van der Waals surface area contributed by atoms with Crippen molar-refractivity contribution in [2.24, 2.45) is 0 Å². The maximum Gasteiger partial charge on any atom is 0.205 e. The zero-order valence-electron chi connectivity index (χ0n) is 9.11. The van der Waals surface area contributed by atoms with Gasteiger partial charge in [0.25, 0.3) is 0 Å². The molecule has 3 N–H and O–H groups in total. The van der Waals surface area contributed by atoms with E-state index >= 15 is 0 Å². The first-order valence-electron chi connectivity index (χ1n) is 5.28. The van der Waals surface area contributed by atoms with Gasteiger partial charge in [-0.25, -0.2) is 0 Å². The van der Waals surface area contributed by atoms with Gasteiger partial charge in [-0.1, -0.05) is 11.3 Å². The smallest absolute Gasteiger partial charge is 0.205 e. The molecule has 94 valence electrons. The maximum atomic E-state index is 10.1. The van der Waals surface area contributed by atoms with Crippen LogP contribution in [-0.2, 0) is 9.47 Å². The van der Waals surface area contributed by atoms with Crippen molar-refractivity contribution in [1.29, 1.82) is 0 Å². The molecule has 3 rings (SSSR count). The molecule has 0 spiro atoms. The Balaban J connectivity index is 1.81. The Labute approximate surface area is 101 Å². The van der Waals surface area contributed by atoms with E-state index in [4.69, 9.17) is 9.47 Å². The lowest BCUT2D eigenvalue weighted by molar-refractivity contribution is -0.208. The molecule has 2 saturated heterocycles. The van der Waals surface area contributed by atoms with Crippen LogP contribution < -0.4 is 5.32 Å². The minimum absolute atomic E-state index is 0.268. The highest BCUT2D eigenvalue weighted by molar-refractivity contribution is 7.13. The molecule has 2 bridgehead atoms. The molecule has 3 heterocycles. The van der Waals surface area contributed by atoms with Crippen molar-refractivity contribution in [3.8, 4) is 0 Å². The third-order valence-corrected chi connectivity index (χ3v) is 3.80. The molecule has 0 saturated carbocycles. The van der Waals surface area contributed by atoms with E-state index in [-0.39, 0.29) is 6.61 Å². The fraction of sp³-hybridized carbons (Fsp3) is 0.778. The van der Waals surface area contributed by atoms with Crippen molar-refractivity contribution >= 4 is 16.5 Å². The largest absolute Gasteiger partial charge is 0.388 e. The quantitative estimate of drug-likeness (QED) is 0.639. The van der Waals surface area contributed by atoms with E-state index in [2.05, 4.69) is 15.5 Å². The summed E-state index contributed by atoms with van der Waals surface area (Å²) in [5.41, 5.74) is 0.748. The second kappa shape index (κ2) is 3.85. The van der Waals surface area contributed by atoms with Crippen LogP contribution >= 0.6 is 11.3 Å². The lowest BCUT2D eigenvalue weighted by atomic mass is 9.89. The van der Waals surface area contributed by atoms with Gasteiger partial charge in [0.05, 0.1) is 6.61 Å². The standard InChI is InChI=1S/C9H13N3O4S/c1-9-2-15-7(16-9)4(5(13)6(9)14)11-8-12-10-3-17-8/h3-7,13-14H,2H2,1H3,(H,11,12)/t4-,5-,6-,7+,9+/m1/s1. The topological polar surface area (TPSA) is 96.7 Å². The Hall–Kier alpha value is -0.800. The van der Waals surface area contributed by atoms with Gasteiger partial charge in [0.1, 0.15) is 29.4 Å². The van der Waals surface area contributed by atoms with Crippen molar-refractivity contribution in [1.82, 2.24) is 10.2 Å². The van der Waals surface area contributed by atoms with E-state index in [0.29, 0.717) is 5.13 Å². The zero-order valence-corrected chi connectivity index (χ0v) is 9.92. The molecular formula is C9H13N3O4S. The number of hydrogen-bond acceptors (Lipinski definition) is 8. The normalized spacial score (nSPS) is 44.9. The summed E-state index contributed by atoms with van der Waals surface area (Å²) in [4.78, 5) is 0. The second-order valence-corrected chi connectivity index (χ2v) is 5.29. The molecular weight excluding hydrogens is 246 g/mol. The minimum atomic E-state index is -0.994. The number of aliphatic hydroxyl groups excluding tert-OH is 2. The Kier molecular flexibility index (Phi) is 2.56. The van der Waals surface area contributed by atoms with Crippen molar-refractivity contribution in [2.75, 3.05) is 11.9 Å². The van der Waals surface area contributed by atoms with Crippen LogP contribution in [0.2, 0.25) is 0 Å². The molecule has 0 amide bonds. The molecule has 5 atom stereocenters. The molecule has 17 heavy (non-hydrogen) atoms. The SMILES string of the molecule is C[C@@]12CO[C@@H](O1)[C@H](Nc1nncs1)[C@@H](O)[C@H]2O. The summed E-state index contributed by atoms with van der Waals surface area (Å²) < 4.78 is 11.0. The number of anilines is 1. The molecule has 2 aliphatic rings. The molecule has 0 unspecified atom stereocenters. The fourth-order valence-corrected chi connectivity index (χ4v) is 2.66. The van der Waals surface area contributed by atoms with Crippen molar-refractivity contribution in [3.05, 3.63) is 5.51 Å². The van der Waals surface area contributed by atoms with E-state index in [1.54, 1.807) is 12.4 Å². The van der Waals surface area contributed by atoms with Gasteiger partial charge in [0.2, 0.25) is 5.13 Å². The molecule has 0 aliphatic carbocycles. The first-order valence-corrected chi connectivity index (χ1v) is 6.16. The van der Waals surface area contributed by atoms with Gasteiger partial charge in [-0.3, -0.25) is 0 Å². The predicted molar refractivity (Wildman–Crippen MR) is 58.6 cm³/mol. The number of hydrogen-bond donors (Lipinski definition) is 3. The van der Waals surface area contributed by atoms with Crippen molar-refractivity contribution in [2.45, 2.75) is 37.1 Å². The number of fused-ring (bicyclic) bond motifs is 2. The highest BCUT2D eigenvalue weighted by atomic mass is 32.1. The van der Waals surface area contributed by atoms with Crippen molar-refractivity contribution < 1.29 is 19.7 Å². The van der Waals surface area contributed by atoms with Gasteiger partial charge >= 0.3 is 0 Å². The molecule has 2 fully saturated rings. The van der Waals surface area contributed by atoms with E-state index in [0.717, 1.165) is 0 Å². The molecule has 1 aromatic heterocycles. The lowest BCUT2D eigenvalue weighted by Crippen LogP contribution is -2.61. The predicted octanol–water partition coefficient (Wildman–Crippen LogP) is -0.814. The number of ether oxygens (including phenoxy) is 2. The van der Waals surface area contributed by atoms with Crippen LogP contribution in [-0.4, -0.2) is 57.2 Å². The highest BCUT2D eigenvalue weighted by Crippen LogP contribution is 2.37. The number of rotatable bonds is 2. The molecule has 1 aromatic rings. The van der Waals surface area contributed by atoms with Crippen LogP contribution in [0.1, 0.15) is 6.92 Å². The third-order valence-electron chi connectivity index (χ3n) is 3.18. The Morgan fingerprint density at radius 1 is 1.59 bits per heavy atom. The van der Waals surface area contributed by atoms with Crippen LogP contribution in [0.25, 0.3) is 0 Å². The van der Waals surface area contributed by atoms with Gasteiger partial charge in [-0.05, 0) is 6.92 Å². The van der Waals surface area contributed by atoms with Gasteiger partial charge < -0.3 is 25.0 Å². The summed E-state index contributed by atoms with van der Waals surface area (Å²) >= 11 is 1.31. The number of aliphatic hydroxyl groups is 2. The second-order valence-electron chi connectivity index (χ2n) is 4.46. The van der Waals surface area contributed by atoms with Crippen LogP contribution in [0.4, 0.5) is 5.13 Å². The van der Waals surface area contributed by atoms with Gasteiger partial charge in [0.15, 0.2) is 6.29 Å². The van der Waals surface area contributed by atoms with Gasteiger partial charge in [-0.2, -0.15) is 0 Å². The number of nitrogens with zero attached hydrogens (tertiary/aromatic N) is 2. The molecule has 0 aromatic carbocycles. The Morgan fingerprint density at radius 2 is 2.41 bits per heavy atom. The van der Waals surface area contributed by atoms with Gasteiger partial charge in [0, 0.05) is 0 Å². The lowest BCUT2D eigenvalue weighted by Gasteiger charge is -2.40. The number of aromatic nitrogens is 2. The first-order chi connectivity index (χ1) is 8.10. The fourth-order valence-electron chi connectivity index (χ4n) is 2.16. The number of nitrogens with one attached hydrogen (secondary N) is 1. The maximum absolute atomic E-state index is 10.1. The summed E-state index contributed by atoms with van der Waals surface area (Å²) in [5, 5.41) is 31.1. The zero-order chi connectivity index (χ0) is 12.0. The van der Waals surface area contributed by atoms with Crippen LogP contribution in [0.3, 0.4) is 0 Å². The summed E-state index contributed by atoms with van der Waals surface area (Å²) in [6.45, 7) is 1.99. The van der Waals surface area contributed by atoms with Crippen molar-refractivity contribution in [3.63, 3.8) is 0 Å². The van der Waals surface area contributed by atoms with Gasteiger partial charge in [-0.15, -0.1) is 10.2 Å². The highest BCUT2D eigenvalue weighted by Gasteiger charge is 2.56. The molecule has 7 nitrogen and oxygen atoms in total. The Bertz CT molecular complexity index is 403. The molecule has 2 aliphatic heterocycles. The minimum Gasteiger partial charge on any atom is -0.388 e. The van der Waals surface area contributed by atoms with Crippen LogP contribution in [0, 0.1) is 0 Å². The molecule has 0 radical (unpaired) electrons. The van der Waals surface area contributed by atoms with E-state index in [1.807, 2.05) is 0 Å². The monoisotopic (exact) mass is 259 g/mol. The average Bonchev–Trinajstić information content (AvgIpc) is 2.91. The van der Waals surface area contributed by atoms with Crippen LogP contribution in [0.15, 0.2) is 5.51 Å². The summed E-state index contributed by atoms with van der Waals surface area (Å²) in [7, 11) is 0. The average molecular weight is 259 g/mol. The summed E-state index contributed by atoms with van der Waals surface area (Å²) in [6, 6.07) is -0.548. The first kappa shape index (κ1) is 11.3. The van der Waals surface area contributed by atoms with E-state index in [9.17, 15) is 10.2 Å². The van der Waals surface area contributed by atoms with Crippen LogP contribution in [0.5, 0.6) is 0 Å². The molecule has 8 heteroatoms. The third kappa shape index (κ3) is 1.72. The Morgan fingerprint density at radius 3 is 3.12 bits per heavy atom. The summed E-state index contributed by atoms with van der Waals surface area (Å²) in [5.74, 6) is 0. The van der Waals surface area contributed by atoms with E-state index in [1.165, 1.54) is 11.3 Å². The summed E-state index contributed by atoms with van der Waals surface area (Å²) in [6.07, 6.45) is -2.54.